The number of aromatic hydroxyl groups is 1. The molecule has 0 bridgehead atoms. The molecule has 1 heterocycles. The van der Waals surface area contributed by atoms with E-state index in [1.807, 2.05) is 0 Å². The molecular weight excluding hydrogens is 254 g/mol. The molecule has 0 aliphatic heterocycles. The highest BCUT2D eigenvalue weighted by atomic mass is 35.5. The Labute approximate surface area is 110 Å². The summed E-state index contributed by atoms with van der Waals surface area (Å²) in [7, 11) is 3.11. The van der Waals surface area contributed by atoms with Crippen LogP contribution in [0.25, 0.3) is 11.3 Å². The van der Waals surface area contributed by atoms with Crippen LogP contribution in [-0.2, 0) is 0 Å². The van der Waals surface area contributed by atoms with Crippen LogP contribution in [0.15, 0.2) is 30.3 Å². The Morgan fingerprint density at radius 1 is 1.06 bits per heavy atom. The van der Waals surface area contributed by atoms with E-state index in [0.29, 0.717) is 27.9 Å². The van der Waals surface area contributed by atoms with Crippen LogP contribution in [0.4, 0.5) is 0 Å². The molecule has 4 nitrogen and oxygen atoms in total. The van der Waals surface area contributed by atoms with Gasteiger partial charge in [0.15, 0.2) is 11.5 Å². The number of hydrogen-bond donors (Lipinski definition) is 1. The van der Waals surface area contributed by atoms with Crippen molar-refractivity contribution in [3.8, 4) is 28.5 Å². The zero-order chi connectivity index (χ0) is 13.1. The molecule has 0 saturated heterocycles. The third-order valence-corrected chi connectivity index (χ3v) is 2.71. The van der Waals surface area contributed by atoms with Crippen molar-refractivity contribution in [1.29, 1.82) is 0 Å². The van der Waals surface area contributed by atoms with Crippen molar-refractivity contribution in [2.45, 2.75) is 0 Å². The summed E-state index contributed by atoms with van der Waals surface area (Å²) in [5.41, 5.74) is 1.11. The maximum atomic E-state index is 9.79. The van der Waals surface area contributed by atoms with Crippen LogP contribution in [0.5, 0.6) is 17.2 Å². The average Bonchev–Trinajstić information content (AvgIpc) is 2.40. The van der Waals surface area contributed by atoms with Gasteiger partial charge in [0.2, 0.25) is 0 Å². The van der Waals surface area contributed by atoms with Crippen LogP contribution in [-0.4, -0.2) is 24.3 Å². The van der Waals surface area contributed by atoms with E-state index >= 15 is 0 Å². The van der Waals surface area contributed by atoms with Gasteiger partial charge in [0.1, 0.15) is 16.6 Å². The van der Waals surface area contributed by atoms with Crippen molar-refractivity contribution < 1.29 is 14.6 Å². The summed E-state index contributed by atoms with van der Waals surface area (Å²) in [6.07, 6.45) is 0. The fourth-order valence-electron chi connectivity index (χ4n) is 1.62. The second-order valence-electron chi connectivity index (χ2n) is 3.57. The first-order valence-electron chi connectivity index (χ1n) is 5.23. The lowest BCUT2D eigenvalue weighted by Crippen LogP contribution is -1.92. The van der Waals surface area contributed by atoms with Gasteiger partial charge >= 0.3 is 0 Å². The van der Waals surface area contributed by atoms with Crippen molar-refractivity contribution in [2.24, 2.45) is 0 Å². The summed E-state index contributed by atoms with van der Waals surface area (Å²) in [4.78, 5) is 4.09. The van der Waals surface area contributed by atoms with Crippen LogP contribution < -0.4 is 9.47 Å². The maximum absolute atomic E-state index is 9.79. The van der Waals surface area contributed by atoms with Crippen LogP contribution in [0.1, 0.15) is 0 Å². The predicted molar refractivity (Wildman–Crippen MR) is 69.5 cm³/mol. The molecular formula is C13H12ClNO3. The van der Waals surface area contributed by atoms with E-state index in [-0.39, 0.29) is 5.75 Å². The fraction of sp³-hybridized carbons (Fsp3) is 0.154. The first-order chi connectivity index (χ1) is 8.65. The van der Waals surface area contributed by atoms with Crippen molar-refractivity contribution in [3.63, 3.8) is 0 Å². The Bertz CT molecular complexity index is 572. The van der Waals surface area contributed by atoms with Gasteiger partial charge in [0.25, 0.3) is 0 Å². The van der Waals surface area contributed by atoms with E-state index in [4.69, 9.17) is 21.1 Å². The van der Waals surface area contributed by atoms with Crippen LogP contribution in [0.3, 0.4) is 0 Å². The third kappa shape index (κ3) is 2.33. The number of aromatic nitrogens is 1. The standard InChI is InChI=1S/C13H12ClNO3/c1-17-10-5-3-8(7-11(10)18-2)13-9(16)4-6-12(14)15-13/h3-7,16H,1-2H3. The summed E-state index contributed by atoms with van der Waals surface area (Å²) in [5, 5.41) is 10.1. The minimum atomic E-state index is 0.0617. The largest absolute Gasteiger partial charge is 0.506 e. The molecule has 18 heavy (non-hydrogen) atoms. The topological polar surface area (TPSA) is 51.6 Å². The normalized spacial score (nSPS) is 10.2. The highest BCUT2D eigenvalue weighted by molar-refractivity contribution is 6.29. The summed E-state index contributed by atoms with van der Waals surface area (Å²) in [6.45, 7) is 0. The van der Waals surface area contributed by atoms with Gasteiger partial charge in [0, 0.05) is 5.56 Å². The minimum absolute atomic E-state index is 0.0617. The first kappa shape index (κ1) is 12.5. The number of hydrogen-bond acceptors (Lipinski definition) is 4. The second-order valence-corrected chi connectivity index (χ2v) is 3.96. The number of methoxy groups -OCH3 is 2. The summed E-state index contributed by atoms with van der Waals surface area (Å²) < 4.78 is 10.3. The van der Waals surface area contributed by atoms with Crippen LogP contribution in [0, 0.1) is 0 Å². The predicted octanol–water partition coefficient (Wildman–Crippen LogP) is 3.12. The molecule has 0 spiro atoms. The van der Waals surface area contributed by atoms with Gasteiger partial charge in [-0.25, -0.2) is 4.98 Å². The number of pyridine rings is 1. The molecule has 0 saturated carbocycles. The Hall–Kier alpha value is -1.94. The molecule has 2 aromatic rings. The number of ether oxygens (including phenoxy) is 2. The number of benzene rings is 1. The monoisotopic (exact) mass is 265 g/mol. The molecule has 0 unspecified atom stereocenters. The van der Waals surface area contributed by atoms with E-state index in [9.17, 15) is 5.11 Å². The minimum Gasteiger partial charge on any atom is -0.506 e. The highest BCUT2D eigenvalue weighted by Gasteiger charge is 2.11. The van der Waals surface area contributed by atoms with Crippen LogP contribution >= 0.6 is 11.6 Å². The van der Waals surface area contributed by atoms with Gasteiger partial charge < -0.3 is 14.6 Å². The van der Waals surface area contributed by atoms with Gasteiger partial charge in [-0.2, -0.15) is 0 Å². The molecule has 94 valence electrons. The molecule has 1 aromatic heterocycles. The molecule has 0 radical (unpaired) electrons. The van der Waals surface area contributed by atoms with Crippen LogP contribution in [0.2, 0.25) is 5.15 Å². The molecule has 0 aliphatic carbocycles. The molecule has 0 aliphatic rings. The van der Waals surface area contributed by atoms with E-state index in [1.54, 1.807) is 32.4 Å². The van der Waals surface area contributed by atoms with Crippen molar-refractivity contribution in [2.75, 3.05) is 14.2 Å². The SMILES string of the molecule is COc1ccc(-c2nc(Cl)ccc2O)cc1OC. The van der Waals surface area contributed by atoms with Gasteiger partial charge in [-0.05, 0) is 30.3 Å². The smallest absolute Gasteiger partial charge is 0.161 e. The number of rotatable bonds is 3. The lowest BCUT2D eigenvalue weighted by Gasteiger charge is -2.10. The van der Waals surface area contributed by atoms with Gasteiger partial charge in [-0.3, -0.25) is 0 Å². The maximum Gasteiger partial charge on any atom is 0.161 e. The van der Waals surface area contributed by atoms with Crippen molar-refractivity contribution in [1.82, 2.24) is 4.98 Å². The quantitative estimate of drug-likeness (QED) is 0.867. The summed E-state index contributed by atoms with van der Waals surface area (Å²) in [6, 6.07) is 8.29. The molecule has 2 rings (SSSR count). The number of halogens is 1. The third-order valence-electron chi connectivity index (χ3n) is 2.50. The fourth-order valence-corrected chi connectivity index (χ4v) is 1.77. The van der Waals surface area contributed by atoms with E-state index in [2.05, 4.69) is 4.98 Å². The Morgan fingerprint density at radius 2 is 1.78 bits per heavy atom. The zero-order valence-corrected chi connectivity index (χ0v) is 10.7. The Balaban J connectivity index is 2.54. The van der Waals surface area contributed by atoms with Gasteiger partial charge in [0.05, 0.1) is 14.2 Å². The van der Waals surface area contributed by atoms with E-state index in [0.717, 1.165) is 0 Å². The lowest BCUT2D eigenvalue weighted by molar-refractivity contribution is 0.355. The van der Waals surface area contributed by atoms with Gasteiger partial charge in [-0.15, -0.1) is 0 Å². The molecule has 1 N–H and O–H groups in total. The second kappa shape index (κ2) is 5.14. The van der Waals surface area contributed by atoms with E-state index in [1.165, 1.54) is 12.1 Å². The Morgan fingerprint density at radius 3 is 2.44 bits per heavy atom. The highest BCUT2D eigenvalue weighted by Crippen LogP contribution is 2.35. The molecule has 0 atom stereocenters. The molecule has 0 fully saturated rings. The molecule has 1 aromatic carbocycles. The van der Waals surface area contributed by atoms with Crippen molar-refractivity contribution >= 4 is 11.6 Å². The van der Waals surface area contributed by atoms with Crippen molar-refractivity contribution in [3.05, 3.63) is 35.5 Å². The summed E-state index contributed by atoms with van der Waals surface area (Å²) >= 11 is 5.82. The first-order valence-corrected chi connectivity index (χ1v) is 5.61. The lowest BCUT2D eigenvalue weighted by atomic mass is 10.1. The Kier molecular flexibility index (Phi) is 3.58. The molecule has 5 heteroatoms. The average molecular weight is 266 g/mol. The number of nitrogens with zero attached hydrogens (tertiary/aromatic N) is 1. The zero-order valence-electron chi connectivity index (χ0n) is 9.98. The summed E-state index contributed by atoms with van der Waals surface area (Å²) in [5.74, 6) is 1.24. The van der Waals surface area contributed by atoms with Gasteiger partial charge in [-0.1, -0.05) is 11.6 Å². The molecule has 0 amide bonds. The van der Waals surface area contributed by atoms with E-state index < -0.39 is 0 Å².